The highest BCUT2D eigenvalue weighted by atomic mass is 32.2. The molecule has 0 aliphatic heterocycles. The van der Waals surface area contributed by atoms with E-state index in [-0.39, 0.29) is 6.10 Å². The van der Waals surface area contributed by atoms with Gasteiger partial charge in [0.2, 0.25) is 0 Å². The average Bonchev–Trinajstić information content (AvgIpc) is 2.86. The SMILES string of the molecule is CCOc1ccc2nc(SCC(CN)OCC)[nH]c2c1. The minimum absolute atomic E-state index is 0.0668. The van der Waals surface area contributed by atoms with Crippen molar-refractivity contribution in [2.24, 2.45) is 5.73 Å². The molecule has 1 aromatic carbocycles. The molecule has 1 aromatic heterocycles. The van der Waals surface area contributed by atoms with E-state index in [2.05, 4.69) is 9.97 Å². The summed E-state index contributed by atoms with van der Waals surface area (Å²) in [6.45, 7) is 5.81. The number of imidazole rings is 1. The zero-order valence-corrected chi connectivity index (χ0v) is 12.7. The lowest BCUT2D eigenvalue weighted by molar-refractivity contribution is 0.0858. The summed E-state index contributed by atoms with van der Waals surface area (Å²) in [5, 5.41) is 0.881. The largest absolute Gasteiger partial charge is 0.494 e. The van der Waals surface area contributed by atoms with Gasteiger partial charge in [-0.1, -0.05) is 11.8 Å². The molecule has 6 heteroatoms. The quantitative estimate of drug-likeness (QED) is 0.732. The third-order valence-electron chi connectivity index (χ3n) is 2.81. The number of aromatic amines is 1. The number of fused-ring (bicyclic) bond motifs is 1. The predicted molar refractivity (Wildman–Crippen MR) is 82.5 cm³/mol. The van der Waals surface area contributed by atoms with Gasteiger partial charge in [0.25, 0.3) is 0 Å². The first-order valence-corrected chi connectivity index (χ1v) is 7.82. The van der Waals surface area contributed by atoms with Gasteiger partial charge in [0.05, 0.1) is 23.7 Å². The summed E-state index contributed by atoms with van der Waals surface area (Å²) in [4.78, 5) is 7.83. The van der Waals surface area contributed by atoms with Crippen LogP contribution >= 0.6 is 11.8 Å². The Morgan fingerprint density at radius 1 is 1.35 bits per heavy atom. The van der Waals surface area contributed by atoms with E-state index in [9.17, 15) is 0 Å². The topological polar surface area (TPSA) is 73.2 Å². The summed E-state index contributed by atoms with van der Waals surface area (Å²) >= 11 is 1.63. The third-order valence-corrected chi connectivity index (χ3v) is 3.82. The van der Waals surface area contributed by atoms with Gasteiger partial charge in [-0.25, -0.2) is 4.98 Å². The highest BCUT2D eigenvalue weighted by Crippen LogP contribution is 2.23. The van der Waals surface area contributed by atoms with Crippen LogP contribution in [-0.4, -0.2) is 41.6 Å². The Hall–Kier alpha value is -1.24. The number of thioether (sulfide) groups is 1. The molecule has 1 unspecified atom stereocenters. The Morgan fingerprint density at radius 2 is 2.20 bits per heavy atom. The molecule has 0 spiro atoms. The van der Waals surface area contributed by atoms with Gasteiger partial charge < -0.3 is 20.2 Å². The number of hydrogen-bond donors (Lipinski definition) is 2. The lowest BCUT2D eigenvalue weighted by Gasteiger charge is -2.12. The van der Waals surface area contributed by atoms with Crippen LogP contribution in [0.1, 0.15) is 13.8 Å². The fourth-order valence-electron chi connectivity index (χ4n) is 1.88. The van der Waals surface area contributed by atoms with Crippen LogP contribution in [0.4, 0.5) is 0 Å². The van der Waals surface area contributed by atoms with E-state index in [0.717, 1.165) is 27.7 Å². The van der Waals surface area contributed by atoms with Gasteiger partial charge in [-0.05, 0) is 26.0 Å². The minimum atomic E-state index is 0.0668. The Kier molecular flexibility index (Phi) is 5.70. The van der Waals surface area contributed by atoms with Crippen LogP contribution in [0.15, 0.2) is 23.4 Å². The molecule has 0 amide bonds. The number of aromatic nitrogens is 2. The molecule has 110 valence electrons. The lowest BCUT2D eigenvalue weighted by atomic mass is 10.3. The van der Waals surface area contributed by atoms with Crippen molar-refractivity contribution in [3.8, 4) is 5.75 Å². The van der Waals surface area contributed by atoms with Gasteiger partial charge in [0, 0.05) is 25.0 Å². The lowest BCUT2D eigenvalue weighted by Crippen LogP contribution is -2.26. The van der Waals surface area contributed by atoms with Crippen molar-refractivity contribution in [1.82, 2.24) is 9.97 Å². The first-order valence-electron chi connectivity index (χ1n) is 6.83. The standard InChI is InChI=1S/C14H21N3O2S/c1-3-18-10-5-6-12-13(7-10)17-14(16-12)20-9-11(8-15)19-4-2/h5-7,11H,3-4,8-9,15H2,1-2H3,(H,16,17). The molecule has 5 nitrogen and oxygen atoms in total. The summed E-state index contributed by atoms with van der Waals surface area (Å²) in [5.74, 6) is 1.65. The average molecular weight is 295 g/mol. The van der Waals surface area contributed by atoms with Crippen LogP contribution in [0.2, 0.25) is 0 Å². The monoisotopic (exact) mass is 295 g/mol. The van der Waals surface area contributed by atoms with Crippen LogP contribution in [0, 0.1) is 0 Å². The zero-order chi connectivity index (χ0) is 14.4. The molecule has 0 radical (unpaired) electrons. The number of nitrogens with zero attached hydrogens (tertiary/aromatic N) is 1. The van der Waals surface area contributed by atoms with Crippen LogP contribution in [0.5, 0.6) is 5.75 Å². The van der Waals surface area contributed by atoms with Crippen LogP contribution in [0.3, 0.4) is 0 Å². The van der Waals surface area contributed by atoms with Crippen LogP contribution in [0.25, 0.3) is 11.0 Å². The molecule has 0 aliphatic rings. The number of rotatable bonds is 8. The maximum atomic E-state index is 5.67. The summed E-state index contributed by atoms with van der Waals surface area (Å²) in [6.07, 6.45) is 0.0668. The second kappa shape index (κ2) is 7.52. The van der Waals surface area contributed by atoms with Crippen LogP contribution < -0.4 is 10.5 Å². The molecule has 0 saturated carbocycles. The highest BCUT2D eigenvalue weighted by molar-refractivity contribution is 7.99. The Bertz CT molecular complexity index is 544. The number of hydrogen-bond acceptors (Lipinski definition) is 5. The third kappa shape index (κ3) is 3.88. The summed E-state index contributed by atoms with van der Waals surface area (Å²) in [7, 11) is 0. The van der Waals surface area contributed by atoms with E-state index in [1.807, 2.05) is 32.0 Å². The maximum absolute atomic E-state index is 5.67. The van der Waals surface area contributed by atoms with Gasteiger partial charge in [-0.15, -0.1) is 0 Å². The fraction of sp³-hybridized carbons (Fsp3) is 0.500. The molecule has 1 heterocycles. The van der Waals surface area contributed by atoms with Crippen molar-refractivity contribution in [3.63, 3.8) is 0 Å². The molecule has 0 saturated heterocycles. The van der Waals surface area contributed by atoms with E-state index >= 15 is 0 Å². The molecular weight excluding hydrogens is 274 g/mol. The van der Waals surface area contributed by atoms with Gasteiger partial charge in [-0.3, -0.25) is 0 Å². The molecule has 20 heavy (non-hydrogen) atoms. The van der Waals surface area contributed by atoms with Crippen LogP contribution in [-0.2, 0) is 4.74 Å². The van der Waals surface area contributed by atoms with Crippen molar-refractivity contribution in [2.75, 3.05) is 25.5 Å². The highest BCUT2D eigenvalue weighted by Gasteiger charge is 2.10. The van der Waals surface area contributed by atoms with E-state index < -0.39 is 0 Å². The van der Waals surface area contributed by atoms with E-state index in [1.165, 1.54) is 0 Å². The summed E-state index contributed by atoms with van der Waals surface area (Å²) in [5.41, 5.74) is 7.59. The molecule has 1 atom stereocenters. The molecular formula is C14H21N3O2S. The van der Waals surface area contributed by atoms with Crippen molar-refractivity contribution >= 4 is 22.8 Å². The van der Waals surface area contributed by atoms with Gasteiger partial charge in [-0.2, -0.15) is 0 Å². The molecule has 0 fully saturated rings. The van der Waals surface area contributed by atoms with Gasteiger partial charge >= 0.3 is 0 Å². The second-order valence-electron chi connectivity index (χ2n) is 4.28. The Balaban J connectivity index is 2.03. The summed E-state index contributed by atoms with van der Waals surface area (Å²) in [6, 6.07) is 5.87. The maximum Gasteiger partial charge on any atom is 0.166 e. The molecule has 0 aliphatic carbocycles. The van der Waals surface area contributed by atoms with Crippen molar-refractivity contribution in [1.29, 1.82) is 0 Å². The fourth-order valence-corrected chi connectivity index (χ4v) is 2.80. The zero-order valence-electron chi connectivity index (χ0n) is 11.9. The van der Waals surface area contributed by atoms with E-state index in [1.54, 1.807) is 11.8 Å². The van der Waals surface area contributed by atoms with E-state index in [4.69, 9.17) is 15.2 Å². The van der Waals surface area contributed by atoms with Crippen molar-refractivity contribution in [2.45, 2.75) is 25.1 Å². The Morgan fingerprint density at radius 3 is 2.90 bits per heavy atom. The summed E-state index contributed by atoms with van der Waals surface area (Å²) < 4.78 is 11.0. The molecule has 0 bridgehead atoms. The predicted octanol–water partition coefficient (Wildman–Crippen LogP) is 2.42. The van der Waals surface area contributed by atoms with Crippen molar-refractivity contribution < 1.29 is 9.47 Å². The number of nitrogens with two attached hydrogens (primary N) is 1. The smallest absolute Gasteiger partial charge is 0.166 e. The van der Waals surface area contributed by atoms with Crippen molar-refractivity contribution in [3.05, 3.63) is 18.2 Å². The molecule has 2 aromatic rings. The number of benzene rings is 1. The second-order valence-corrected chi connectivity index (χ2v) is 5.29. The first kappa shape index (κ1) is 15.2. The Labute approximate surface area is 123 Å². The number of nitrogens with one attached hydrogen (secondary N) is 1. The number of H-pyrrole nitrogens is 1. The first-order chi connectivity index (χ1) is 9.76. The minimum Gasteiger partial charge on any atom is -0.494 e. The van der Waals surface area contributed by atoms with Gasteiger partial charge in [0.1, 0.15) is 5.75 Å². The van der Waals surface area contributed by atoms with Gasteiger partial charge in [0.15, 0.2) is 5.16 Å². The molecule has 2 rings (SSSR count). The normalized spacial score (nSPS) is 12.8. The molecule has 3 N–H and O–H groups in total. The van der Waals surface area contributed by atoms with E-state index in [0.29, 0.717) is 19.8 Å². The number of ether oxygens (including phenoxy) is 2.